The third-order valence-electron chi connectivity index (χ3n) is 5.63. The Bertz CT molecular complexity index is 1190. The van der Waals surface area contributed by atoms with Crippen LogP contribution in [0.15, 0.2) is 66.9 Å². The van der Waals surface area contributed by atoms with E-state index in [1.54, 1.807) is 7.11 Å². The average Bonchev–Trinajstić information content (AvgIpc) is 3.57. The molecule has 0 spiro atoms. The standard InChI is InChI=1S/C25H23N3O2/c1-16-26-14-22(17-7-10-20(29-2)11-8-17)25(27-16)30-15-19-13-21(19)24-12-9-18-5-3-4-6-23(18)28-24/h3-12,14,19,21H,13,15H2,1-2H3/t19-,21+/m1/s1. The Morgan fingerprint density at radius 1 is 0.967 bits per heavy atom. The third-order valence-corrected chi connectivity index (χ3v) is 5.63. The van der Waals surface area contributed by atoms with Crippen molar-refractivity contribution in [3.8, 4) is 22.8 Å². The second-order valence-electron chi connectivity index (χ2n) is 7.71. The molecule has 4 aromatic rings. The first-order valence-electron chi connectivity index (χ1n) is 10.2. The Balaban J connectivity index is 1.31. The highest BCUT2D eigenvalue weighted by Crippen LogP contribution is 2.47. The van der Waals surface area contributed by atoms with Crippen molar-refractivity contribution in [2.24, 2.45) is 5.92 Å². The Hall–Kier alpha value is -3.47. The molecule has 0 unspecified atom stereocenters. The minimum absolute atomic E-state index is 0.446. The van der Waals surface area contributed by atoms with Crippen molar-refractivity contribution in [2.75, 3.05) is 13.7 Å². The molecule has 1 aliphatic carbocycles. The highest BCUT2D eigenvalue weighted by molar-refractivity contribution is 5.78. The van der Waals surface area contributed by atoms with Gasteiger partial charge in [-0.05, 0) is 43.2 Å². The second kappa shape index (κ2) is 7.75. The van der Waals surface area contributed by atoms with Gasteiger partial charge in [0, 0.05) is 29.1 Å². The highest BCUT2D eigenvalue weighted by atomic mass is 16.5. The van der Waals surface area contributed by atoms with Gasteiger partial charge in [-0.1, -0.05) is 36.4 Å². The maximum atomic E-state index is 6.18. The molecular formula is C25H23N3O2. The molecule has 0 bridgehead atoms. The number of ether oxygens (including phenoxy) is 2. The number of nitrogens with zero attached hydrogens (tertiary/aromatic N) is 3. The molecule has 2 atom stereocenters. The van der Waals surface area contributed by atoms with Gasteiger partial charge in [-0.15, -0.1) is 0 Å². The average molecular weight is 397 g/mol. The first-order valence-corrected chi connectivity index (χ1v) is 10.2. The summed E-state index contributed by atoms with van der Waals surface area (Å²) in [5.41, 5.74) is 4.10. The lowest BCUT2D eigenvalue weighted by Gasteiger charge is -2.11. The van der Waals surface area contributed by atoms with E-state index in [4.69, 9.17) is 14.5 Å². The zero-order chi connectivity index (χ0) is 20.5. The van der Waals surface area contributed by atoms with E-state index >= 15 is 0 Å². The summed E-state index contributed by atoms with van der Waals surface area (Å²) in [6.07, 6.45) is 2.92. The number of rotatable bonds is 6. The number of aromatic nitrogens is 3. The summed E-state index contributed by atoms with van der Waals surface area (Å²) >= 11 is 0. The van der Waals surface area contributed by atoms with E-state index in [0.717, 1.165) is 34.5 Å². The van der Waals surface area contributed by atoms with Crippen LogP contribution in [-0.4, -0.2) is 28.7 Å². The smallest absolute Gasteiger partial charge is 0.224 e. The summed E-state index contributed by atoms with van der Waals surface area (Å²) in [4.78, 5) is 13.8. The predicted octanol–water partition coefficient (Wildman–Crippen LogP) is 5.19. The quantitative estimate of drug-likeness (QED) is 0.448. The van der Waals surface area contributed by atoms with Gasteiger partial charge >= 0.3 is 0 Å². The van der Waals surface area contributed by atoms with Gasteiger partial charge in [-0.3, -0.25) is 4.98 Å². The molecule has 5 nitrogen and oxygen atoms in total. The monoisotopic (exact) mass is 397 g/mol. The molecule has 5 heteroatoms. The number of methoxy groups -OCH3 is 1. The maximum Gasteiger partial charge on any atom is 0.224 e. The number of hydrogen-bond acceptors (Lipinski definition) is 5. The van der Waals surface area contributed by atoms with Gasteiger partial charge in [-0.25, -0.2) is 4.98 Å². The van der Waals surface area contributed by atoms with Gasteiger partial charge in [0.25, 0.3) is 0 Å². The lowest BCUT2D eigenvalue weighted by atomic mass is 10.1. The number of aryl methyl sites for hydroxylation is 1. The first-order chi connectivity index (χ1) is 14.7. The van der Waals surface area contributed by atoms with E-state index in [2.05, 4.69) is 34.2 Å². The van der Waals surface area contributed by atoms with Crippen LogP contribution in [0.2, 0.25) is 0 Å². The molecule has 1 aliphatic rings. The molecule has 2 aromatic carbocycles. The molecule has 5 rings (SSSR count). The third kappa shape index (κ3) is 3.71. The van der Waals surface area contributed by atoms with Crippen LogP contribution in [0.5, 0.6) is 11.6 Å². The number of fused-ring (bicyclic) bond motifs is 1. The fourth-order valence-electron chi connectivity index (χ4n) is 3.80. The van der Waals surface area contributed by atoms with Crippen molar-refractivity contribution in [1.29, 1.82) is 0 Å². The van der Waals surface area contributed by atoms with Crippen molar-refractivity contribution in [3.05, 3.63) is 78.4 Å². The SMILES string of the molecule is COc1ccc(-c2cnc(C)nc2OC[C@H]2C[C@@H]2c2ccc3ccccc3n2)cc1. The van der Waals surface area contributed by atoms with Crippen LogP contribution in [0.3, 0.4) is 0 Å². The predicted molar refractivity (Wildman–Crippen MR) is 117 cm³/mol. The minimum atomic E-state index is 0.446. The van der Waals surface area contributed by atoms with E-state index in [0.29, 0.717) is 30.1 Å². The number of benzene rings is 2. The lowest BCUT2D eigenvalue weighted by Crippen LogP contribution is -2.05. The van der Waals surface area contributed by atoms with E-state index < -0.39 is 0 Å². The topological polar surface area (TPSA) is 57.1 Å². The Morgan fingerprint density at radius 2 is 1.80 bits per heavy atom. The van der Waals surface area contributed by atoms with Gasteiger partial charge < -0.3 is 9.47 Å². The summed E-state index contributed by atoms with van der Waals surface area (Å²) in [7, 11) is 1.66. The highest BCUT2D eigenvalue weighted by Gasteiger charge is 2.40. The lowest BCUT2D eigenvalue weighted by molar-refractivity contribution is 0.285. The molecule has 30 heavy (non-hydrogen) atoms. The van der Waals surface area contributed by atoms with Crippen LogP contribution in [0.25, 0.3) is 22.0 Å². The molecule has 1 fully saturated rings. The summed E-state index contributed by atoms with van der Waals surface area (Å²) in [5, 5.41) is 1.18. The van der Waals surface area contributed by atoms with Crippen molar-refractivity contribution in [3.63, 3.8) is 0 Å². The van der Waals surface area contributed by atoms with E-state index in [9.17, 15) is 0 Å². The van der Waals surface area contributed by atoms with Crippen LogP contribution in [0, 0.1) is 12.8 Å². The van der Waals surface area contributed by atoms with E-state index in [1.807, 2.05) is 49.5 Å². The van der Waals surface area contributed by atoms with E-state index in [1.165, 1.54) is 5.39 Å². The van der Waals surface area contributed by atoms with E-state index in [-0.39, 0.29) is 0 Å². The van der Waals surface area contributed by atoms with Gasteiger partial charge in [0.1, 0.15) is 11.6 Å². The summed E-state index contributed by atoms with van der Waals surface area (Å²) in [6, 6.07) is 20.4. The van der Waals surface area contributed by atoms with Crippen LogP contribution in [0.1, 0.15) is 23.9 Å². The summed E-state index contributed by atoms with van der Waals surface area (Å²) in [6.45, 7) is 2.50. The molecule has 150 valence electrons. The fourth-order valence-corrected chi connectivity index (χ4v) is 3.80. The minimum Gasteiger partial charge on any atom is -0.497 e. The van der Waals surface area contributed by atoms with Crippen LogP contribution in [0.4, 0.5) is 0 Å². The molecule has 0 aliphatic heterocycles. The fraction of sp³-hybridized carbons (Fsp3) is 0.240. The van der Waals surface area contributed by atoms with Gasteiger partial charge in [0.2, 0.25) is 5.88 Å². The molecule has 2 heterocycles. The van der Waals surface area contributed by atoms with Gasteiger partial charge in [0.05, 0.1) is 24.8 Å². The molecular weight excluding hydrogens is 374 g/mol. The Morgan fingerprint density at radius 3 is 2.63 bits per heavy atom. The molecule has 2 aromatic heterocycles. The zero-order valence-electron chi connectivity index (χ0n) is 17.1. The zero-order valence-corrected chi connectivity index (χ0v) is 17.1. The van der Waals surface area contributed by atoms with Crippen LogP contribution < -0.4 is 9.47 Å². The molecule has 1 saturated carbocycles. The second-order valence-corrected chi connectivity index (χ2v) is 7.71. The summed E-state index contributed by atoms with van der Waals surface area (Å²) in [5.74, 6) is 3.05. The number of hydrogen-bond donors (Lipinski definition) is 0. The molecule has 0 saturated heterocycles. The first kappa shape index (κ1) is 18.6. The van der Waals surface area contributed by atoms with Crippen LogP contribution >= 0.6 is 0 Å². The number of para-hydroxylation sites is 1. The normalized spacial score (nSPS) is 17.7. The van der Waals surface area contributed by atoms with Crippen molar-refractivity contribution < 1.29 is 9.47 Å². The Labute approximate surface area is 175 Å². The van der Waals surface area contributed by atoms with Crippen molar-refractivity contribution in [1.82, 2.24) is 15.0 Å². The van der Waals surface area contributed by atoms with Crippen molar-refractivity contribution >= 4 is 10.9 Å². The van der Waals surface area contributed by atoms with Gasteiger partial charge in [0.15, 0.2) is 0 Å². The van der Waals surface area contributed by atoms with Gasteiger partial charge in [-0.2, -0.15) is 4.98 Å². The maximum absolute atomic E-state index is 6.18. The molecule has 0 radical (unpaired) electrons. The van der Waals surface area contributed by atoms with Crippen molar-refractivity contribution in [2.45, 2.75) is 19.3 Å². The van der Waals surface area contributed by atoms with Crippen LogP contribution in [-0.2, 0) is 0 Å². The largest absolute Gasteiger partial charge is 0.497 e. The summed E-state index contributed by atoms with van der Waals surface area (Å²) < 4.78 is 11.4. The molecule has 0 amide bonds. The number of pyridine rings is 1. The molecule has 0 N–H and O–H groups in total. The Kier molecular flexibility index (Phi) is 4.79.